The largest absolute Gasteiger partial charge is 0.293 e. The summed E-state index contributed by atoms with van der Waals surface area (Å²) in [5, 5.41) is 19.9. The molecule has 2 aliphatic rings. The summed E-state index contributed by atoms with van der Waals surface area (Å²) in [5.74, 6) is 0.205. The van der Waals surface area contributed by atoms with Crippen molar-refractivity contribution in [1.82, 2.24) is 4.90 Å². The number of nitrogens with zero attached hydrogens (tertiary/aromatic N) is 4. The standard InChI is InChI=1S/C21H13BrN4O/c22-16-6-3-5-14(10-16)18-11-19-25-8-9-26(19)20(27)21(18,13-24)17-7-2-1-4-15(17)12-23/h1-7,10-11H,8-9H2/t21-/m1/s1. The van der Waals surface area contributed by atoms with E-state index in [4.69, 9.17) is 0 Å². The van der Waals surface area contributed by atoms with Crippen LogP contribution in [-0.2, 0) is 10.2 Å². The molecule has 6 heteroatoms. The lowest BCUT2D eigenvalue weighted by Gasteiger charge is -2.37. The quantitative estimate of drug-likeness (QED) is 0.751. The minimum Gasteiger partial charge on any atom is -0.293 e. The van der Waals surface area contributed by atoms with Gasteiger partial charge in [0.25, 0.3) is 5.91 Å². The van der Waals surface area contributed by atoms with Gasteiger partial charge in [0.05, 0.1) is 24.2 Å². The lowest BCUT2D eigenvalue weighted by atomic mass is 9.68. The maximum atomic E-state index is 13.6. The fraction of sp³-hybridized carbons (Fsp3) is 0.143. The molecule has 0 N–H and O–H groups in total. The van der Waals surface area contributed by atoms with Gasteiger partial charge in [0.1, 0.15) is 5.84 Å². The summed E-state index contributed by atoms with van der Waals surface area (Å²) in [5.41, 5.74) is 0.387. The first-order valence-corrected chi connectivity index (χ1v) is 9.16. The third-order valence-electron chi connectivity index (χ3n) is 4.87. The van der Waals surface area contributed by atoms with E-state index in [1.165, 1.54) is 0 Å². The molecule has 27 heavy (non-hydrogen) atoms. The van der Waals surface area contributed by atoms with E-state index < -0.39 is 5.41 Å². The second kappa shape index (κ2) is 6.50. The van der Waals surface area contributed by atoms with E-state index in [0.717, 1.165) is 10.0 Å². The maximum Gasteiger partial charge on any atom is 0.257 e. The summed E-state index contributed by atoms with van der Waals surface area (Å²) in [6, 6.07) is 18.6. The molecule has 2 aromatic rings. The van der Waals surface area contributed by atoms with E-state index in [0.29, 0.717) is 35.6 Å². The number of halogens is 1. The Balaban J connectivity index is 2.07. The van der Waals surface area contributed by atoms with Gasteiger partial charge in [-0.25, -0.2) is 0 Å². The Bertz CT molecular complexity index is 1110. The number of amidine groups is 1. The second-order valence-corrected chi connectivity index (χ2v) is 7.20. The number of carbonyl (C=O) groups is 1. The molecule has 1 atom stereocenters. The van der Waals surface area contributed by atoms with Gasteiger partial charge in [-0.15, -0.1) is 0 Å². The Morgan fingerprint density at radius 3 is 2.70 bits per heavy atom. The highest BCUT2D eigenvalue weighted by Gasteiger charge is 2.52. The maximum absolute atomic E-state index is 13.6. The highest BCUT2D eigenvalue weighted by molar-refractivity contribution is 9.10. The molecule has 1 amide bonds. The Hall–Kier alpha value is -3.22. The summed E-state index contributed by atoms with van der Waals surface area (Å²) in [6.45, 7) is 0.944. The van der Waals surface area contributed by atoms with Crippen LogP contribution in [0.4, 0.5) is 0 Å². The SMILES string of the molecule is N#Cc1ccccc1[C@@]1(C#N)C(=O)N2CCN=C2C=C1c1cccc(Br)c1. The molecule has 0 fully saturated rings. The van der Waals surface area contributed by atoms with Crippen LogP contribution in [0.15, 0.2) is 64.1 Å². The topological polar surface area (TPSA) is 80.2 Å². The normalized spacial score (nSPS) is 21.0. The minimum absolute atomic E-state index is 0.313. The lowest BCUT2D eigenvalue weighted by Crippen LogP contribution is -2.51. The summed E-state index contributed by atoms with van der Waals surface area (Å²) in [7, 11) is 0. The van der Waals surface area contributed by atoms with Gasteiger partial charge in [-0.05, 0) is 35.4 Å². The molecule has 2 aromatic carbocycles. The molecule has 0 bridgehead atoms. The van der Waals surface area contributed by atoms with Crippen molar-refractivity contribution >= 4 is 33.2 Å². The molecule has 0 aliphatic carbocycles. The Morgan fingerprint density at radius 1 is 1.15 bits per heavy atom. The van der Waals surface area contributed by atoms with Crippen molar-refractivity contribution in [3.63, 3.8) is 0 Å². The number of rotatable bonds is 2. The van der Waals surface area contributed by atoms with Gasteiger partial charge in [0.15, 0.2) is 5.41 Å². The number of benzene rings is 2. The van der Waals surface area contributed by atoms with E-state index in [9.17, 15) is 15.3 Å². The van der Waals surface area contributed by atoms with E-state index in [-0.39, 0.29) is 5.91 Å². The van der Waals surface area contributed by atoms with Crippen molar-refractivity contribution < 1.29 is 4.79 Å². The molecular formula is C21H13BrN4O. The smallest absolute Gasteiger partial charge is 0.257 e. The monoisotopic (exact) mass is 416 g/mol. The van der Waals surface area contributed by atoms with Crippen molar-refractivity contribution in [3.05, 3.63) is 75.8 Å². The molecule has 130 valence electrons. The van der Waals surface area contributed by atoms with Gasteiger partial charge < -0.3 is 0 Å². The average molecular weight is 417 g/mol. The highest BCUT2D eigenvalue weighted by Crippen LogP contribution is 2.44. The molecule has 0 saturated heterocycles. The summed E-state index contributed by atoms with van der Waals surface area (Å²) < 4.78 is 0.838. The van der Waals surface area contributed by atoms with E-state index in [1.807, 2.05) is 24.3 Å². The predicted molar refractivity (Wildman–Crippen MR) is 105 cm³/mol. The number of amides is 1. The lowest BCUT2D eigenvalue weighted by molar-refractivity contribution is -0.129. The number of carbonyl (C=O) groups excluding carboxylic acids is 1. The molecule has 0 aromatic heterocycles. The van der Waals surface area contributed by atoms with E-state index >= 15 is 0 Å². The van der Waals surface area contributed by atoms with Crippen LogP contribution >= 0.6 is 15.9 Å². The zero-order chi connectivity index (χ0) is 19.0. The van der Waals surface area contributed by atoms with E-state index in [2.05, 4.69) is 33.1 Å². The second-order valence-electron chi connectivity index (χ2n) is 6.28. The van der Waals surface area contributed by atoms with Crippen LogP contribution in [0.1, 0.15) is 16.7 Å². The summed E-state index contributed by atoms with van der Waals surface area (Å²) >= 11 is 3.46. The molecule has 0 saturated carbocycles. The Morgan fingerprint density at radius 2 is 1.96 bits per heavy atom. The van der Waals surface area contributed by atoms with Crippen LogP contribution in [0.25, 0.3) is 5.57 Å². The third kappa shape index (κ3) is 2.50. The van der Waals surface area contributed by atoms with Gasteiger partial charge in [-0.2, -0.15) is 10.5 Å². The predicted octanol–water partition coefficient (Wildman–Crippen LogP) is 3.42. The minimum atomic E-state index is -1.60. The van der Waals surface area contributed by atoms with Crippen molar-refractivity contribution in [3.8, 4) is 12.1 Å². The molecule has 5 nitrogen and oxygen atoms in total. The average Bonchev–Trinajstić information content (AvgIpc) is 3.17. The zero-order valence-corrected chi connectivity index (χ0v) is 15.8. The molecule has 0 radical (unpaired) electrons. The number of hydrogen-bond donors (Lipinski definition) is 0. The molecule has 0 spiro atoms. The van der Waals surface area contributed by atoms with Crippen LogP contribution in [0.2, 0.25) is 0 Å². The van der Waals surface area contributed by atoms with Gasteiger partial charge in [-0.3, -0.25) is 14.7 Å². The number of hydrogen-bond acceptors (Lipinski definition) is 4. The van der Waals surface area contributed by atoms with Gasteiger partial charge in [0.2, 0.25) is 0 Å². The highest BCUT2D eigenvalue weighted by atomic mass is 79.9. The molecule has 2 aliphatic heterocycles. The van der Waals surface area contributed by atoms with Gasteiger partial charge in [0, 0.05) is 16.6 Å². The fourth-order valence-electron chi connectivity index (χ4n) is 3.64. The van der Waals surface area contributed by atoms with E-state index in [1.54, 1.807) is 35.2 Å². The first kappa shape index (κ1) is 17.2. The van der Waals surface area contributed by atoms with Crippen molar-refractivity contribution in [2.45, 2.75) is 5.41 Å². The third-order valence-corrected chi connectivity index (χ3v) is 5.37. The molecular weight excluding hydrogens is 404 g/mol. The van der Waals surface area contributed by atoms with Crippen molar-refractivity contribution in [1.29, 1.82) is 10.5 Å². The summed E-state index contributed by atoms with van der Waals surface area (Å²) in [6.07, 6.45) is 1.80. The first-order chi connectivity index (χ1) is 13.1. The van der Waals surface area contributed by atoms with Crippen LogP contribution in [0, 0.1) is 22.7 Å². The van der Waals surface area contributed by atoms with Gasteiger partial charge >= 0.3 is 0 Å². The number of fused-ring (bicyclic) bond motifs is 1. The first-order valence-electron chi connectivity index (χ1n) is 8.37. The number of nitriles is 2. The summed E-state index contributed by atoms with van der Waals surface area (Å²) in [4.78, 5) is 19.5. The van der Waals surface area contributed by atoms with Crippen LogP contribution in [0.5, 0.6) is 0 Å². The zero-order valence-electron chi connectivity index (χ0n) is 14.2. The molecule has 2 heterocycles. The molecule has 4 rings (SSSR count). The Kier molecular flexibility index (Phi) is 4.14. The van der Waals surface area contributed by atoms with Crippen LogP contribution in [0.3, 0.4) is 0 Å². The fourth-order valence-corrected chi connectivity index (χ4v) is 4.04. The molecule has 0 unspecified atom stereocenters. The van der Waals surface area contributed by atoms with Crippen molar-refractivity contribution in [2.75, 3.05) is 13.1 Å². The van der Waals surface area contributed by atoms with Crippen LogP contribution < -0.4 is 0 Å². The number of aliphatic imine (C=N–C) groups is 1. The van der Waals surface area contributed by atoms with Crippen LogP contribution in [-0.4, -0.2) is 29.7 Å². The van der Waals surface area contributed by atoms with Gasteiger partial charge in [-0.1, -0.05) is 46.3 Å². The van der Waals surface area contributed by atoms with Crippen molar-refractivity contribution in [2.24, 2.45) is 4.99 Å². The Labute approximate surface area is 165 Å².